The standard InChI is InChI=1S/C13H9Cl3N2O2/c14-8-3-4-9(15)11(6-8)20-7-12(19)18-10-2-1-5-17-13(10)16/h1-6H,7H2,(H,18,19). The highest BCUT2D eigenvalue weighted by atomic mass is 35.5. The van der Waals surface area contributed by atoms with Gasteiger partial charge in [-0.3, -0.25) is 4.79 Å². The van der Waals surface area contributed by atoms with Crippen LogP contribution >= 0.6 is 34.8 Å². The Bertz CT molecular complexity index is 635. The molecule has 0 unspecified atom stereocenters. The Hall–Kier alpha value is -1.49. The lowest BCUT2D eigenvalue weighted by atomic mass is 10.3. The van der Waals surface area contributed by atoms with Gasteiger partial charge in [-0.2, -0.15) is 0 Å². The molecule has 1 N–H and O–H groups in total. The van der Waals surface area contributed by atoms with Gasteiger partial charge in [-0.1, -0.05) is 34.8 Å². The van der Waals surface area contributed by atoms with E-state index < -0.39 is 0 Å². The molecule has 0 bridgehead atoms. The van der Waals surface area contributed by atoms with Crippen LogP contribution in [0.4, 0.5) is 5.69 Å². The van der Waals surface area contributed by atoms with E-state index in [4.69, 9.17) is 39.5 Å². The summed E-state index contributed by atoms with van der Waals surface area (Å²) < 4.78 is 5.30. The van der Waals surface area contributed by atoms with E-state index in [1.807, 2.05) is 0 Å². The molecule has 104 valence electrons. The number of halogens is 3. The number of carbonyl (C=O) groups excluding carboxylic acids is 1. The summed E-state index contributed by atoms with van der Waals surface area (Å²) in [5.74, 6) is -0.0393. The maximum Gasteiger partial charge on any atom is 0.262 e. The van der Waals surface area contributed by atoms with E-state index >= 15 is 0 Å². The number of pyridine rings is 1. The number of carbonyl (C=O) groups is 1. The number of amides is 1. The van der Waals surface area contributed by atoms with Crippen LogP contribution in [0.3, 0.4) is 0 Å². The molecule has 1 aromatic heterocycles. The lowest BCUT2D eigenvalue weighted by Crippen LogP contribution is -2.20. The number of hydrogen-bond donors (Lipinski definition) is 1. The molecule has 0 aliphatic carbocycles. The highest BCUT2D eigenvalue weighted by Gasteiger charge is 2.09. The minimum atomic E-state index is -0.379. The largest absolute Gasteiger partial charge is 0.482 e. The van der Waals surface area contributed by atoms with E-state index in [1.165, 1.54) is 12.3 Å². The van der Waals surface area contributed by atoms with Crippen molar-refractivity contribution in [1.29, 1.82) is 0 Å². The molecule has 1 aromatic carbocycles. The fourth-order valence-corrected chi connectivity index (χ4v) is 1.90. The zero-order valence-corrected chi connectivity index (χ0v) is 12.3. The summed E-state index contributed by atoms with van der Waals surface area (Å²) in [6.07, 6.45) is 1.53. The van der Waals surface area contributed by atoms with Crippen molar-refractivity contribution in [2.24, 2.45) is 0 Å². The fourth-order valence-electron chi connectivity index (χ4n) is 1.40. The van der Waals surface area contributed by atoms with Gasteiger partial charge in [0.05, 0.1) is 10.7 Å². The zero-order chi connectivity index (χ0) is 14.5. The highest BCUT2D eigenvalue weighted by Crippen LogP contribution is 2.27. The van der Waals surface area contributed by atoms with Crippen molar-refractivity contribution in [3.8, 4) is 5.75 Å². The Morgan fingerprint density at radius 1 is 1.25 bits per heavy atom. The molecule has 0 aliphatic heterocycles. The van der Waals surface area contributed by atoms with E-state index in [-0.39, 0.29) is 17.7 Å². The second-order valence-electron chi connectivity index (χ2n) is 3.75. The van der Waals surface area contributed by atoms with E-state index in [1.54, 1.807) is 24.3 Å². The monoisotopic (exact) mass is 330 g/mol. The smallest absolute Gasteiger partial charge is 0.262 e. The second kappa shape index (κ2) is 6.79. The summed E-state index contributed by atoms with van der Waals surface area (Å²) in [4.78, 5) is 15.6. The Morgan fingerprint density at radius 2 is 2.05 bits per heavy atom. The lowest BCUT2D eigenvalue weighted by molar-refractivity contribution is -0.118. The maximum absolute atomic E-state index is 11.7. The minimum absolute atomic E-state index is 0.210. The normalized spacial score (nSPS) is 10.2. The fraction of sp³-hybridized carbons (Fsp3) is 0.0769. The minimum Gasteiger partial charge on any atom is -0.482 e. The van der Waals surface area contributed by atoms with E-state index in [2.05, 4.69) is 10.3 Å². The Morgan fingerprint density at radius 3 is 2.80 bits per heavy atom. The first-order valence-corrected chi connectivity index (χ1v) is 6.68. The van der Waals surface area contributed by atoms with Crippen molar-refractivity contribution in [3.05, 3.63) is 51.7 Å². The first kappa shape index (κ1) is 14.9. The molecular formula is C13H9Cl3N2O2. The third kappa shape index (κ3) is 4.00. The molecule has 0 fully saturated rings. The van der Waals surface area contributed by atoms with Crippen molar-refractivity contribution in [2.75, 3.05) is 11.9 Å². The predicted octanol–water partition coefficient (Wildman–Crippen LogP) is 4.06. The summed E-state index contributed by atoms with van der Waals surface area (Å²) in [7, 11) is 0. The van der Waals surface area contributed by atoms with Gasteiger partial charge in [-0.05, 0) is 24.3 Å². The van der Waals surface area contributed by atoms with Gasteiger partial charge in [0.25, 0.3) is 5.91 Å². The Balaban J connectivity index is 1.96. The third-order valence-corrected chi connectivity index (χ3v) is 3.13. The van der Waals surface area contributed by atoms with Gasteiger partial charge in [0.1, 0.15) is 5.75 Å². The summed E-state index contributed by atoms with van der Waals surface area (Å²) >= 11 is 17.6. The van der Waals surface area contributed by atoms with Gasteiger partial charge in [0, 0.05) is 17.3 Å². The van der Waals surface area contributed by atoms with Crippen LogP contribution < -0.4 is 10.1 Å². The first-order valence-electron chi connectivity index (χ1n) is 5.54. The van der Waals surface area contributed by atoms with E-state index in [0.29, 0.717) is 21.5 Å². The van der Waals surface area contributed by atoms with Gasteiger partial charge < -0.3 is 10.1 Å². The van der Waals surface area contributed by atoms with Gasteiger partial charge in [-0.25, -0.2) is 4.98 Å². The molecule has 1 amide bonds. The lowest BCUT2D eigenvalue weighted by Gasteiger charge is -2.09. The van der Waals surface area contributed by atoms with Crippen LogP contribution in [0.2, 0.25) is 15.2 Å². The van der Waals surface area contributed by atoms with E-state index in [9.17, 15) is 4.79 Å². The molecule has 4 nitrogen and oxygen atoms in total. The average molecular weight is 332 g/mol. The zero-order valence-electron chi connectivity index (χ0n) is 10.1. The molecule has 0 atom stereocenters. The second-order valence-corrected chi connectivity index (χ2v) is 4.96. The number of aromatic nitrogens is 1. The van der Waals surface area contributed by atoms with Crippen molar-refractivity contribution in [1.82, 2.24) is 4.98 Å². The molecule has 7 heteroatoms. The van der Waals surface area contributed by atoms with Crippen molar-refractivity contribution < 1.29 is 9.53 Å². The Labute approximate surface area is 130 Å². The van der Waals surface area contributed by atoms with Crippen LogP contribution in [0.25, 0.3) is 0 Å². The first-order chi connectivity index (χ1) is 9.56. The SMILES string of the molecule is O=C(COc1cc(Cl)ccc1Cl)Nc1cccnc1Cl. The van der Waals surface area contributed by atoms with Crippen LogP contribution in [-0.2, 0) is 4.79 Å². The van der Waals surface area contributed by atoms with Gasteiger partial charge >= 0.3 is 0 Å². The number of benzene rings is 1. The quantitative estimate of drug-likeness (QED) is 0.860. The van der Waals surface area contributed by atoms with Crippen LogP contribution in [0.15, 0.2) is 36.5 Å². The Kier molecular flexibility index (Phi) is 5.06. The van der Waals surface area contributed by atoms with Crippen LogP contribution in [0.5, 0.6) is 5.75 Å². The number of ether oxygens (including phenoxy) is 1. The summed E-state index contributed by atoms with van der Waals surface area (Å²) in [5, 5.41) is 3.64. The summed E-state index contributed by atoms with van der Waals surface area (Å²) in [5.41, 5.74) is 0.417. The molecule has 0 spiro atoms. The van der Waals surface area contributed by atoms with Crippen molar-refractivity contribution in [3.63, 3.8) is 0 Å². The molecular weight excluding hydrogens is 323 g/mol. The summed E-state index contributed by atoms with van der Waals surface area (Å²) in [6.45, 7) is -0.217. The van der Waals surface area contributed by atoms with Gasteiger partial charge in [0.2, 0.25) is 0 Å². The van der Waals surface area contributed by atoms with E-state index in [0.717, 1.165) is 0 Å². The molecule has 0 saturated heterocycles. The highest BCUT2D eigenvalue weighted by molar-refractivity contribution is 6.34. The van der Waals surface area contributed by atoms with Crippen molar-refractivity contribution in [2.45, 2.75) is 0 Å². The van der Waals surface area contributed by atoms with Crippen LogP contribution in [-0.4, -0.2) is 17.5 Å². The van der Waals surface area contributed by atoms with Crippen molar-refractivity contribution >= 4 is 46.4 Å². The topological polar surface area (TPSA) is 51.2 Å². The predicted molar refractivity (Wildman–Crippen MR) is 79.8 cm³/mol. The van der Waals surface area contributed by atoms with Crippen LogP contribution in [0, 0.1) is 0 Å². The summed E-state index contributed by atoms with van der Waals surface area (Å²) in [6, 6.07) is 8.06. The maximum atomic E-state index is 11.7. The number of hydrogen-bond acceptors (Lipinski definition) is 3. The third-order valence-electron chi connectivity index (χ3n) is 2.29. The van der Waals surface area contributed by atoms with Gasteiger partial charge in [-0.15, -0.1) is 0 Å². The molecule has 0 saturated carbocycles. The van der Waals surface area contributed by atoms with Gasteiger partial charge in [0.15, 0.2) is 11.8 Å². The number of nitrogens with zero attached hydrogens (tertiary/aromatic N) is 1. The number of anilines is 1. The number of rotatable bonds is 4. The molecule has 0 radical (unpaired) electrons. The molecule has 2 rings (SSSR count). The van der Waals surface area contributed by atoms with Crippen LogP contribution in [0.1, 0.15) is 0 Å². The molecule has 0 aliphatic rings. The number of nitrogens with one attached hydrogen (secondary N) is 1. The average Bonchev–Trinajstić information content (AvgIpc) is 2.42. The molecule has 1 heterocycles. The molecule has 2 aromatic rings. The molecule has 20 heavy (non-hydrogen) atoms.